The van der Waals surface area contributed by atoms with Crippen molar-refractivity contribution in [2.45, 2.75) is 64.7 Å². The molecule has 0 aliphatic carbocycles. The van der Waals surface area contributed by atoms with E-state index in [9.17, 15) is 19.1 Å². The number of carbonyl (C=O) groups is 2. The number of ether oxygens (including phenoxy) is 3. The number of aromatic nitrogens is 4. The molecule has 0 bridgehead atoms. The zero-order chi connectivity index (χ0) is 29.1. The molecule has 0 saturated carbocycles. The Morgan fingerprint density at radius 1 is 1.28 bits per heavy atom. The molecule has 0 fully saturated rings. The standard InChI is InChI=1S/C27H32FN5O6/c1-8-27(37-7,19(35)12-33-14-30-22-23(29)31-25(28)32-24(22)33)13-38-20(36)11-26(5,6)21-16(3)9-15(2)10-18(21)39-17(4)34/h1,9-10,14,19,35H,11-13H2,2-7H3,(H2,29,31,32)/t19-,27+/m0/s1. The zero-order valence-electron chi connectivity index (χ0n) is 22.7. The molecule has 3 aromatic rings. The molecule has 12 heteroatoms. The Morgan fingerprint density at radius 2 is 1.97 bits per heavy atom. The van der Waals surface area contributed by atoms with E-state index in [4.69, 9.17) is 26.4 Å². The van der Waals surface area contributed by atoms with Crippen LogP contribution in [0.25, 0.3) is 11.2 Å². The summed E-state index contributed by atoms with van der Waals surface area (Å²) in [5, 5.41) is 11.0. The maximum Gasteiger partial charge on any atom is 0.312 e. The Hall–Kier alpha value is -4.08. The third-order valence-electron chi connectivity index (χ3n) is 6.39. The largest absolute Gasteiger partial charge is 0.461 e. The summed E-state index contributed by atoms with van der Waals surface area (Å²) in [5.41, 5.74) is 5.82. The van der Waals surface area contributed by atoms with Gasteiger partial charge in [0, 0.05) is 25.0 Å². The van der Waals surface area contributed by atoms with Crippen molar-refractivity contribution >= 4 is 28.9 Å². The van der Waals surface area contributed by atoms with Gasteiger partial charge in [-0.15, -0.1) is 6.42 Å². The lowest BCUT2D eigenvalue weighted by Gasteiger charge is -2.32. The van der Waals surface area contributed by atoms with E-state index in [1.165, 1.54) is 24.9 Å². The third-order valence-corrected chi connectivity index (χ3v) is 6.39. The van der Waals surface area contributed by atoms with Crippen LogP contribution in [0.5, 0.6) is 5.75 Å². The Bertz CT molecular complexity index is 1450. The fraction of sp³-hybridized carbons (Fsp3) is 0.444. The molecule has 2 heterocycles. The van der Waals surface area contributed by atoms with Gasteiger partial charge in [-0.3, -0.25) is 9.59 Å². The van der Waals surface area contributed by atoms with Gasteiger partial charge in [-0.2, -0.15) is 14.4 Å². The second-order valence-electron chi connectivity index (χ2n) is 9.97. The average Bonchev–Trinajstić information content (AvgIpc) is 3.21. The molecule has 11 nitrogen and oxygen atoms in total. The summed E-state index contributed by atoms with van der Waals surface area (Å²) < 4.78 is 31.4. The molecule has 0 saturated heterocycles. The summed E-state index contributed by atoms with van der Waals surface area (Å²) in [6.07, 6.45) is 4.45. The number of aliphatic hydroxyl groups excluding tert-OH is 1. The number of carbonyl (C=O) groups excluding carboxylic acids is 2. The van der Waals surface area contributed by atoms with Crippen LogP contribution in [0.3, 0.4) is 0 Å². The van der Waals surface area contributed by atoms with E-state index in [1.54, 1.807) is 6.07 Å². The summed E-state index contributed by atoms with van der Waals surface area (Å²) >= 11 is 0. The molecule has 208 valence electrons. The van der Waals surface area contributed by atoms with Crippen molar-refractivity contribution in [3.05, 3.63) is 41.2 Å². The van der Waals surface area contributed by atoms with Crippen molar-refractivity contribution in [2.75, 3.05) is 19.5 Å². The molecular weight excluding hydrogens is 509 g/mol. The van der Waals surface area contributed by atoms with Crippen LogP contribution in [0.15, 0.2) is 18.5 Å². The van der Waals surface area contributed by atoms with Crippen LogP contribution in [0.1, 0.15) is 43.9 Å². The van der Waals surface area contributed by atoms with E-state index in [0.29, 0.717) is 11.3 Å². The minimum Gasteiger partial charge on any atom is -0.461 e. The highest BCUT2D eigenvalue weighted by Crippen LogP contribution is 2.38. The highest BCUT2D eigenvalue weighted by molar-refractivity contribution is 5.81. The van der Waals surface area contributed by atoms with Gasteiger partial charge < -0.3 is 29.6 Å². The van der Waals surface area contributed by atoms with E-state index in [0.717, 1.165) is 11.1 Å². The van der Waals surface area contributed by atoms with Gasteiger partial charge in [0.1, 0.15) is 24.0 Å². The normalized spacial score (nSPS) is 13.9. The third kappa shape index (κ3) is 6.32. The van der Waals surface area contributed by atoms with E-state index >= 15 is 0 Å². The van der Waals surface area contributed by atoms with Gasteiger partial charge in [0.15, 0.2) is 17.1 Å². The van der Waals surface area contributed by atoms with Crippen LogP contribution >= 0.6 is 0 Å². The molecule has 0 unspecified atom stereocenters. The van der Waals surface area contributed by atoms with Gasteiger partial charge in [0.05, 0.1) is 19.3 Å². The van der Waals surface area contributed by atoms with Crippen LogP contribution in [0.2, 0.25) is 0 Å². The predicted octanol–water partition coefficient (Wildman–Crippen LogP) is 2.38. The monoisotopic (exact) mass is 541 g/mol. The summed E-state index contributed by atoms with van der Waals surface area (Å²) in [7, 11) is 1.27. The number of aliphatic hydroxyl groups is 1. The number of nitrogens with two attached hydrogens (primary N) is 1. The van der Waals surface area contributed by atoms with Gasteiger partial charge >= 0.3 is 18.0 Å². The van der Waals surface area contributed by atoms with Gasteiger partial charge in [-0.1, -0.05) is 25.8 Å². The molecule has 1 aromatic carbocycles. The van der Waals surface area contributed by atoms with Crippen LogP contribution in [0.4, 0.5) is 10.2 Å². The maximum atomic E-state index is 13.7. The number of halogens is 1. The number of aryl methyl sites for hydroxylation is 2. The van der Waals surface area contributed by atoms with Gasteiger partial charge in [0.25, 0.3) is 0 Å². The van der Waals surface area contributed by atoms with E-state index in [-0.39, 0.29) is 29.9 Å². The number of anilines is 1. The number of esters is 2. The van der Waals surface area contributed by atoms with Crippen molar-refractivity contribution in [1.29, 1.82) is 0 Å². The molecule has 3 N–H and O–H groups in total. The first-order chi connectivity index (χ1) is 18.2. The Morgan fingerprint density at radius 3 is 2.59 bits per heavy atom. The average molecular weight is 542 g/mol. The summed E-state index contributed by atoms with van der Waals surface area (Å²) in [6, 6.07) is 3.68. The molecule has 2 aromatic heterocycles. The molecule has 0 radical (unpaired) electrons. The number of rotatable bonds is 10. The smallest absolute Gasteiger partial charge is 0.312 e. The first-order valence-corrected chi connectivity index (χ1v) is 12.0. The maximum absolute atomic E-state index is 13.7. The second kappa shape index (κ2) is 11.3. The number of methoxy groups -OCH3 is 1. The number of terminal acetylenes is 1. The van der Waals surface area contributed by atoms with Crippen molar-refractivity contribution in [2.24, 2.45) is 0 Å². The van der Waals surface area contributed by atoms with Crippen LogP contribution < -0.4 is 10.5 Å². The highest BCUT2D eigenvalue weighted by atomic mass is 19.1. The van der Waals surface area contributed by atoms with Gasteiger partial charge in [-0.25, -0.2) is 4.98 Å². The quantitative estimate of drug-likeness (QED) is 0.169. The molecule has 0 aliphatic rings. The SMILES string of the molecule is C#C[C@](COC(=O)CC(C)(C)c1c(C)cc(C)cc1OC(C)=O)(OC)[C@@H](O)Cn1cnc2c(N)nc(F)nc21. The van der Waals surface area contributed by atoms with Gasteiger partial charge in [0.2, 0.25) is 0 Å². The lowest BCUT2D eigenvalue weighted by molar-refractivity contribution is -0.158. The van der Waals surface area contributed by atoms with E-state index < -0.39 is 41.7 Å². The summed E-state index contributed by atoms with van der Waals surface area (Å²) in [6.45, 7) is 8.02. The zero-order valence-corrected chi connectivity index (χ0v) is 22.7. The first-order valence-electron chi connectivity index (χ1n) is 12.0. The van der Waals surface area contributed by atoms with Crippen molar-refractivity contribution in [3.8, 4) is 18.1 Å². The fourth-order valence-corrected chi connectivity index (χ4v) is 4.61. The number of hydrogen-bond donors (Lipinski definition) is 2. The number of imidazole rings is 1. The highest BCUT2D eigenvalue weighted by Gasteiger charge is 2.40. The van der Waals surface area contributed by atoms with Crippen LogP contribution in [-0.4, -0.2) is 62.0 Å². The topological polar surface area (TPSA) is 152 Å². The predicted molar refractivity (Wildman–Crippen MR) is 140 cm³/mol. The number of hydrogen-bond acceptors (Lipinski definition) is 10. The van der Waals surface area contributed by atoms with E-state index in [2.05, 4.69) is 20.9 Å². The fourth-order valence-electron chi connectivity index (χ4n) is 4.61. The molecule has 0 aliphatic heterocycles. The van der Waals surface area contributed by atoms with Crippen molar-refractivity contribution in [1.82, 2.24) is 19.5 Å². The van der Waals surface area contributed by atoms with E-state index in [1.807, 2.05) is 33.8 Å². The molecule has 3 rings (SSSR count). The Balaban J connectivity index is 1.78. The summed E-state index contributed by atoms with van der Waals surface area (Å²) in [5.74, 6) is 1.49. The Labute approximate surface area is 225 Å². The van der Waals surface area contributed by atoms with Crippen LogP contribution in [0, 0.1) is 32.3 Å². The molecule has 0 spiro atoms. The summed E-state index contributed by atoms with van der Waals surface area (Å²) in [4.78, 5) is 35.8. The number of nitrogen functional groups attached to an aromatic ring is 1. The first kappa shape index (κ1) is 29.5. The minimum absolute atomic E-state index is 0.0527. The van der Waals surface area contributed by atoms with Gasteiger partial charge in [-0.05, 0) is 31.0 Å². The lowest BCUT2D eigenvalue weighted by atomic mass is 9.78. The minimum atomic E-state index is -1.74. The Kier molecular flexibility index (Phi) is 8.58. The van der Waals surface area contributed by atoms with Crippen molar-refractivity contribution in [3.63, 3.8) is 0 Å². The number of benzene rings is 1. The van der Waals surface area contributed by atoms with Crippen molar-refractivity contribution < 1.29 is 33.3 Å². The second-order valence-corrected chi connectivity index (χ2v) is 9.97. The molecule has 0 amide bonds. The number of nitrogens with zero attached hydrogens (tertiary/aromatic N) is 4. The lowest BCUT2D eigenvalue weighted by Crippen LogP contribution is -2.49. The number of fused-ring (bicyclic) bond motifs is 1. The molecule has 39 heavy (non-hydrogen) atoms. The molecule has 2 atom stereocenters. The molecular formula is C27H32FN5O6. The van der Waals surface area contributed by atoms with Crippen LogP contribution in [-0.2, 0) is 31.0 Å².